The van der Waals surface area contributed by atoms with Crippen LogP contribution in [0.2, 0.25) is 0 Å². The van der Waals surface area contributed by atoms with Gasteiger partial charge in [0, 0.05) is 31.2 Å². The van der Waals surface area contributed by atoms with Gasteiger partial charge in [-0.3, -0.25) is 4.90 Å². The van der Waals surface area contributed by atoms with Crippen molar-refractivity contribution in [2.45, 2.75) is 46.1 Å². The van der Waals surface area contributed by atoms with E-state index in [1.54, 1.807) is 0 Å². The maximum absolute atomic E-state index is 9.56. The lowest BCUT2D eigenvalue weighted by Crippen LogP contribution is -2.46. The Bertz CT molecular complexity index is 216. The molecular formula is C14H30N2O. The molecule has 0 aromatic carbocycles. The van der Waals surface area contributed by atoms with Crippen LogP contribution in [0.15, 0.2) is 0 Å². The standard InChI is InChI=1S/C14H30N2O/c1-5-13-10-15(4)8-7-9-16(13)11-14(3,6-2)12-17/h13,17H,5-12H2,1-4H3. The molecule has 2 unspecified atom stereocenters. The largest absolute Gasteiger partial charge is 0.396 e. The van der Waals surface area contributed by atoms with E-state index in [-0.39, 0.29) is 5.41 Å². The first-order chi connectivity index (χ1) is 8.04. The van der Waals surface area contributed by atoms with Crippen molar-refractivity contribution in [3.05, 3.63) is 0 Å². The van der Waals surface area contributed by atoms with Crippen LogP contribution in [0.25, 0.3) is 0 Å². The van der Waals surface area contributed by atoms with Crippen molar-refractivity contribution in [3.8, 4) is 0 Å². The second-order valence-corrected chi connectivity index (χ2v) is 5.97. The zero-order chi connectivity index (χ0) is 12.9. The van der Waals surface area contributed by atoms with E-state index in [4.69, 9.17) is 0 Å². The Morgan fingerprint density at radius 1 is 1.29 bits per heavy atom. The molecule has 1 fully saturated rings. The predicted octanol–water partition coefficient (Wildman–Crippen LogP) is 1.81. The zero-order valence-electron chi connectivity index (χ0n) is 12.1. The molecule has 2 atom stereocenters. The van der Waals surface area contributed by atoms with Gasteiger partial charge in [-0.25, -0.2) is 0 Å². The van der Waals surface area contributed by atoms with E-state index in [1.165, 1.54) is 32.5 Å². The lowest BCUT2D eigenvalue weighted by atomic mass is 9.87. The SMILES string of the molecule is CCC1CN(C)CCCN1CC(C)(CC)CO. The summed E-state index contributed by atoms with van der Waals surface area (Å²) < 4.78 is 0. The molecule has 0 aromatic heterocycles. The summed E-state index contributed by atoms with van der Waals surface area (Å²) in [7, 11) is 2.22. The molecule has 1 heterocycles. The van der Waals surface area contributed by atoms with Gasteiger partial charge in [0.25, 0.3) is 0 Å². The lowest BCUT2D eigenvalue weighted by molar-refractivity contribution is 0.0624. The third-order valence-electron chi connectivity index (χ3n) is 4.32. The van der Waals surface area contributed by atoms with Crippen molar-refractivity contribution < 1.29 is 5.11 Å². The summed E-state index contributed by atoms with van der Waals surface area (Å²) in [6.45, 7) is 11.5. The fourth-order valence-electron chi connectivity index (χ4n) is 2.65. The lowest BCUT2D eigenvalue weighted by Gasteiger charge is -2.37. The van der Waals surface area contributed by atoms with Crippen LogP contribution >= 0.6 is 0 Å². The fourth-order valence-corrected chi connectivity index (χ4v) is 2.65. The van der Waals surface area contributed by atoms with Crippen molar-refractivity contribution in [2.75, 3.05) is 39.8 Å². The van der Waals surface area contributed by atoms with E-state index < -0.39 is 0 Å². The van der Waals surface area contributed by atoms with Crippen molar-refractivity contribution in [1.29, 1.82) is 0 Å². The molecule has 102 valence electrons. The van der Waals surface area contributed by atoms with Crippen LogP contribution in [0.5, 0.6) is 0 Å². The smallest absolute Gasteiger partial charge is 0.0496 e. The normalized spacial score (nSPS) is 27.7. The summed E-state index contributed by atoms with van der Waals surface area (Å²) >= 11 is 0. The second kappa shape index (κ2) is 6.72. The number of likely N-dealkylation sites (N-methyl/N-ethyl adjacent to an activating group) is 1. The number of hydrogen-bond donors (Lipinski definition) is 1. The van der Waals surface area contributed by atoms with Gasteiger partial charge in [-0.05, 0) is 39.4 Å². The first-order valence-corrected chi connectivity index (χ1v) is 7.08. The fraction of sp³-hybridized carbons (Fsp3) is 1.00. The maximum Gasteiger partial charge on any atom is 0.0496 e. The number of nitrogens with zero attached hydrogens (tertiary/aromatic N) is 2. The highest BCUT2D eigenvalue weighted by molar-refractivity contribution is 4.83. The van der Waals surface area contributed by atoms with E-state index >= 15 is 0 Å². The molecule has 1 rings (SSSR count). The predicted molar refractivity (Wildman–Crippen MR) is 73.2 cm³/mol. The van der Waals surface area contributed by atoms with Gasteiger partial charge in [-0.1, -0.05) is 20.8 Å². The minimum Gasteiger partial charge on any atom is -0.396 e. The van der Waals surface area contributed by atoms with Gasteiger partial charge in [0.05, 0.1) is 0 Å². The van der Waals surface area contributed by atoms with E-state index in [9.17, 15) is 5.11 Å². The van der Waals surface area contributed by atoms with E-state index in [1.807, 2.05) is 0 Å². The summed E-state index contributed by atoms with van der Waals surface area (Å²) in [6, 6.07) is 0.653. The summed E-state index contributed by atoms with van der Waals surface area (Å²) in [5, 5.41) is 9.56. The number of rotatable bonds is 5. The van der Waals surface area contributed by atoms with E-state index in [0.29, 0.717) is 12.6 Å². The van der Waals surface area contributed by atoms with Gasteiger partial charge >= 0.3 is 0 Å². The highest BCUT2D eigenvalue weighted by Crippen LogP contribution is 2.24. The molecule has 3 nitrogen and oxygen atoms in total. The monoisotopic (exact) mass is 242 g/mol. The van der Waals surface area contributed by atoms with Crippen molar-refractivity contribution in [1.82, 2.24) is 9.80 Å². The minimum absolute atomic E-state index is 0.0658. The Morgan fingerprint density at radius 3 is 2.53 bits per heavy atom. The van der Waals surface area contributed by atoms with Crippen LogP contribution in [0.4, 0.5) is 0 Å². The molecule has 0 spiro atoms. The van der Waals surface area contributed by atoms with Gasteiger partial charge < -0.3 is 10.0 Å². The topological polar surface area (TPSA) is 26.7 Å². The van der Waals surface area contributed by atoms with Crippen LogP contribution in [0.1, 0.15) is 40.0 Å². The molecule has 0 aliphatic carbocycles. The molecule has 0 bridgehead atoms. The van der Waals surface area contributed by atoms with Gasteiger partial charge in [0.1, 0.15) is 0 Å². The Labute approximate surface area is 107 Å². The van der Waals surface area contributed by atoms with Crippen LogP contribution < -0.4 is 0 Å². The summed E-state index contributed by atoms with van der Waals surface area (Å²) in [6.07, 6.45) is 3.50. The molecular weight excluding hydrogens is 212 g/mol. The van der Waals surface area contributed by atoms with Gasteiger partial charge in [-0.2, -0.15) is 0 Å². The molecule has 0 amide bonds. The Hall–Kier alpha value is -0.120. The number of hydrogen-bond acceptors (Lipinski definition) is 3. The molecule has 1 N–H and O–H groups in total. The van der Waals surface area contributed by atoms with Crippen LogP contribution in [-0.4, -0.2) is 60.8 Å². The Kier molecular flexibility index (Phi) is 5.90. The molecule has 1 aliphatic rings. The van der Waals surface area contributed by atoms with Gasteiger partial charge in [-0.15, -0.1) is 0 Å². The first kappa shape index (κ1) is 14.9. The first-order valence-electron chi connectivity index (χ1n) is 7.08. The molecule has 3 heteroatoms. The average Bonchev–Trinajstić information content (AvgIpc) is 2.51. The quantitative estimate of drug-likeness (QED) is 0.796. The van der Waals surface area contributed by atoms with Gasteiger partial charge in [0.2, 0.25) is 0 Å². The third kappa shape index (κ3) is 4.23. The Balaban J connectivity index is 2.65. The summed E-state index contributed by atoms with van der Waals surface area (Å²) in [5.41, 5.74) is 0.0658. The van der Waals surface area contributed by atoms with Crippen molar-refractivity contribution >= 4 is 0 Å². The molecule has 0 aromatic rings. The van der Waals surface area contributed by atoms with Crippen molar-refractivity contribution in [3.63, 3.8) is 0 Å². The minimum atomic E-state index is 0.0658. The highest BCUT2D eigenvalue weighted by atomic mass is 16.3. The zero-order valence-corrected chi connectivity index (χ0v) is 12.1. The third-order valence-corrected chi connectivity index (χ3v) is 4.32. The van der Waals surface area contributed by atoms with Crippen LogP contribution in [0.3, 0.4) is 0 Å². The molecule has 1 saturated heterocycles. The van der Waals surface area contributed by atoms with Gasteiger partial charge in [0.15, 0.2) is 0 Å². The van der Waals surface area contributed by atoms with E-state index in [0.717, 1.165) is 13.0 Å². The highest BCUT2D eigenvalue weighted by Gasteiger charge is 2.29. The molecule has 17 heavy (non-hydrogen) atoms. The van der Waals surface area contributed by atoms with Crippen LogP contribution in [0, 0.1) is 5.41 Å². The van der Waals surface area contributed by atoms with E-state index in [2.05, 4.69) is 37.6 Å². The van der Waals surface area contributed by atoms with Crippen LogP contribution in [-0.2, 0) is 0 Å². The number of aliphatic hydroxyl groups is 1. The Morgan fingerprint density at radius 2 is 2.00 bits per heavy atom. The molecule has 1 aliphatic heterocycles. The maximum atomic E-state index is 9.56. The molecule has 0 radical (unpaired) electrons. The van der Waals surface area contributed by atoms with Crippen molar-refractivity contribution in [2.24, 2.45) is 5.41 Å². The molecule has 0 saturated carbocycles. The summed E-state index contributed by atoms with van der Waals surface area (Å²) in [5.74, 6) is 0. The number of aliphatic hydroxyl groups excluding tert-OH is 1. The summed E-state index contributed by atoms with van der Waals surface area (Å²) in [4.78, 5) is 5.04. The second-order valence-electron chi connectivity index (χ2n) is 5.97. The average molecular weight is 242 g/mol.